The standard InChI is InChI=1S/C8H6N2O.C4H8N2/c11-8-5-9-6-3-1-2-4-7(6)10-8;1-6-3-2-5-4-6/h1-5H,(H,10,11);4H,2-3H2,1H3. The van der Waals surface area contributed by atoms with E-state index in [9.17, 15) is 4.79 Å². The van der Waals surface area contributed by atoms with Gasteiger partial charge in [0, 0.05) is 13.6 Å². The number of aromatic amines is 1. The van der Waals surface area contributed by atoms with Gasteiger partial charge in [-0.2, -0.15) is 0 Å². The van der Waals surface area contributed by atoms with E-state index in [0.29, 0.717) is 0 Å². The zero-order chi connectivity index (χ0) is 12.1. The summed E-state index contributed by atoms with van der Waals surface area (Å²) in [7, 11) is 2.02. The first kappa shape index (κ1) is 11.3. The van der Waals surface area contributed by atoms with Crippen molar-refractivity contribution < 1.29 is 0 Å². The highest BCUT2D eigenvalue weighted by Gasteiger charge is 1.94. The third-order valence-corrected chi connectivity index (χ3v) is 2.34. The SMILES string of the molecule is CN1C=NCC1.O=c1cnc2ccccc2[nH]1. The molecule has 1 aliphatic rings. The minimum atomic E-state index is -0.163. The number of nitrogens with zero attached hydrogens (tertiary/aromatic N) is 3. The monoisotopic (exact) mass is 230 g/mol. The summed E-state index contributed by atoms with van der Waals surface area (Å²) in [6, 6.07) is 7.42. The number of fused-ring (bicyclic) bond motifs is 1. The van der Waals surface area contributed by atoms with Crippen molar-refractivity contribution >= 4 is 17.4 Å². The maximum Gasteiger partial charge on any atom is 0.266 e. The van der Waals surface area contributed by atoms with E-state index in [4.69, 9.17) is 0 Å². The van der Waals surface area contributed by atoms with Crippen LogP contribution >= 0.6 is 0 Å². The second kappa shape index (κ2) is 5.25. The molecule has 0 bridgehead atoms. The lowest BCUT2D eigenvalue weighted by Crippen LogP contribution is -2.11. The Morgan fingerprint density at radius 3 is 2.82 bits per heavy atom. The van der Waals surface area contributed by atoms with Crippen molar-refractivity contribution in [1.82, 2.24) is 14.9 Å². The van der Waals surface area contributed by atoms with E-state index in [1.54, 1.807) is 0 Å². The van der Waals surface area contributed by atoms with Crippen molar-refractivity contribution in [1.29, 1.82) is 0 Å². The van der Waals surface area contributed by atoms with Gasteiger partial charge in [-0.25, -0.2) is 4.98 Å². The lowest BCUT2D eigenvalue weighted by molar-refractivity contribution is 0.568. The number of nitrogens with one attached hydrogen (secondary N) is 1. The lowest BCUT2D eigenvalue weighted by Gasteiger charge is -1.99. The average Bonchev–Trinajstić information content (AvgIpc) is 2.81. The molecule has 0 unspecified atom stereocenters. The highest BCUT2D eigenvalue weighted by atomic mass is 16.1. The van der Waals surface area contributed by atoms with Crippen LogP contribution in [0.1, 0.15) is 0 Å². The molecular formula is C12H14N4O. The molecule has 5 nitrogen and oxygen atoms in total. The fourth-order valence-corrected chi connectivity index (χ4v) is 1.46. The van der Waals surface area contributed by atoms with E-state index in [1.807, 2.05) is 37.7 Å². The van der Waals surface area contributed by atoms with Gasteiger partial charge in [-0.1, -0.05) is 12.1 Å². The summed E-state index contributed by atoms with van der Waals surface area (Å²) in [4.78, 5) is 23.4. The fourth-order valence-electron chi connectivity index (χ4n) is 1.46. The van der Waals surface area contributed by atoms with Gasteiger partial charge in [-0.05, 0) is 12.1 Å². The zero-order valence-corrected chi connectivity index (χ0v) is 9.63. The Hall–Kier alpha value is -2.17. The first-order valence-corrected chi connectivity index (χ1v) is 5.40. The summed E-state index contributed by atoms with van der Waals surface area (Å²) in [5.74, 6) is 0. The van der Waals surface area contributed by atoms with Gasteiger partial charge in [0.1, 0.15) is 0 Å². The number of para-hydroxylation sites is 2. The molecule has 0 spiro atoms. The van der Waals surface area contributed by atoms with E-state index >= 15 is 0 Å². The predicted octanol–water partition coefficient (Wildman–Crippen LogP) is 0.883. The van der Waals surface area contributed by atoms with Gasteiger partial charge in [0.05, 0.1) is 30.1 Å². The van der Waals surface area contributed by atoms with Crippen LogP contribution in [0.4, 0.5) is 0 Å². The van der Waals surface area contributed by atoms with Crippen LogP contribution in [0, 0.1) is 0 Å². The topological polar surface area (TPSA) is 61.4 Å². The Balaban J connectivity index is 0.000000153. The van der Waals surface area contributed by atoms with Crippen molar-refractivity contribution in [2.75, 3.05) is 20.1 Å². The molecule has 0 saturated heterocycles. The molecule has 0 fully saturated rings. The average molecular weight is 230 g/mol. The highest BCUT2D eigenvalue weighted by Crippen LogP contribution is 2.02. The Morgan fingerprint density at radius 1 is 1.35 bits per heavy atom. The van der Waals surface area contributed by atoms with Gasteiger partial charge in [0.25, 0.3) is 5.56 Å². The van der Waals surface area contributed by atoms with Gasteiger partial charge < -0.3 is 9.88 Å². The zero-order valence-electron chi connectivity index (χ0n) is 9.63. The molecule has 1 N–H and O–H groups in total. The molecule has 2 heterocycles. The molecule has 0 aliphatic carbocycles. The lowest BCUT2D eigenvalue weighted by atomic mass is 10.3. The maximum absolute atomic E-state index is 10.8. The van der Waals surface area contributed by atoms with E-state index in [0.717, 1.165) is 24.1 Å². The molecule has 0 saturated carbocycles. The van der Waals surface area contributed by atoms with Crippen molar-refractivity contribution in [3.63, 3.8) is 0 Å². The van der Waals surface area contributed by atoms with E-state index < -0.39 is 0 Å². The van der Waals surface area contributed by atoms with Crippen LogP contribution in [0.25, 0.3) is 11.0 Å². The van der Waals surface area contributed by atoms with Crippen molar-refractivity contribution in [3.8, 4) is 0 Å². The molecule has 0 radical (unpaired) electrons. The molecule has 5 heteroatoms. The van der Waals surface area contributed by atoms with Crippen LogP contribution in [-0.4, -0.2) is 41.3 Å². The second-order valence-electron chi connectivity index (χ2n) is 3.77. The molecule has 0 amide bonds. The van der Waals surface area contributed by atoms with E-state index in [2.05, 4.69) is 19.9 Å². The molecule has 1 aliphatic heterocycles. The van der Waals surface area contributed by atoms with Crippen molar-refractivity contribution in [2.24, 2.45) is 4.99 Å². The minimum Gasteiger partial charge on any atom is -0.364 e. The smallest absolute Gasteiger partial charge is 0.266 e. The first-order valence-electron chi connectivity index (χ1n) is 5.40. The molecular weight excluding hydrogens is 216 g/mol. The molecule has 3 rings (SSSR count). The Labute approximate surface area is 98.8 Å². The maximum atomic E-state index is 10.8. The van der Waals surface area contributed by atoms with Crippen LogP contribution in [0.3, 0.4) is 0 Å². The number of aromatic nitrogens is 2. The predicted molar refractivity (Wildman–Crippen MR) is 68.4 cm³/mol. The molecule has 17 heavy (non-hydrogen) atoms. The van der Waals surface area contributed by atoms with Crippen LogP contribution in [0.2, 0.25) is 0 Å². The van der Waals surface area contributed by atoms with Crippen LogP contribution < -0.4 is 5.56 Å². The molecule has 0 atom stereocenters. The second-order valence-corrected chi connectivity index (χ2v) is 3.77. The van der Waals surface area contributed by atoms with Gasteiger partial charge in [-0.3, -0.25) is 9.79 Å². The largest absolute Gasteiger partial charge is 0.364 e. The third kappa shape index (κ3) is 3.14. The number of rotatable bonds is 0. The van der Waals surface area contributed by atoms with Gasteiger partial charge in [-0.15, -0.1) is 0 Å². The van der Waals surface area contributed by atoms with E-state index in [1.165, 1.54) is 6.20 Å². The normalized spacial score (nSPS) is 13.6. The first-order chi connectivity index (χ1) is 8.25. The number of benzene rings is 1. The Morgan fingerprint density at radius 2 is 2.18 bits per heavy atom. The summed E-state index contributed by atoms with van der Waals surface area (Å²) in [5, 5.41) is 0. The number of hydrogen-bond acceptors (Lipinski definition) is 4. The number of aliphatic imine (C=N–C) groups is 1. The van der Waals surface area contributed by atoms with Gasteiger partial charge in [0.2, 0.25) is 0 Å². The third-order valence-electron chi connectivity index (χ3n) is 2.34. The summed E-state index contributed by atoms with van der Waals surface area (Å²) in [5.41, 5.74) is 1.43. The van der Waals surface area contributed by atoms with Gasteiger partial charge in [0.15, 0.2) is 0 Å². The fraction of sp³-hybridized carbons (Fsp3) is 0.250. The van der Waals surface area contributed by atoms with Crippen molar-refractivity contribution in [2.45, 2.75) is 0 Å². The number of H-pyrrole nitrogens is 1. The summed E-state index contributed by atoms with van der Waals surface area (Å²) in [6.45, 7) is 2.08. The van der Waals surface area contributed by atoms with Crippen LogP contribution in [0.15, 0.2) is 40.2 Å². The summed E-state index contributed by atoms with van der Waals surface area (Å²) in [6.07, 6.45) is 3.14. The molecule has 1 aromatic carbocycles. The summed E-state index contributed by atoms with van der Waals surface area (Å²) < 4.78 is 0. The van der Waals surface area contributed by atoms with Crippen LogP contribution in [-0.2, 0) is 0 Å². The quantitative estimate of drug-likeness (QED) is 0.731. The van der Waals surface area contributed by atoms with E-state index in [-0.39, 0.29) is 5.56 Å². The molecule has 88 valence electrons. The van der Waals surface area contributed by atoms with Crippen molar-refractivity contribution in [3.05, 3.63) is 40.8 Å². The Kier molecular flexibility index (Phi) is 3.49. The minimum absolute atomic E-state index is 0.163. The number of likely N-dealkylation sites (N-methyl/N-ethyl adjacent to an activating group) is 1. The summed E-state index contributed by atoms with van der Waals surface area (Å²) >= 11 is 0. The molecule has 2 aromatic rings. The number of hydrogen-bond donors (Lipinski definition) is 1. The molecule has 1 aromatic heterocycles. The highest BCUT2D eigenvalue weighted by molar-refractivity contribution is 5.72. The van der Waals surface area contributed by atoms with Crippen LogP contribution in [0.5, 0.6) is 0 Å². The van der Waals surface area contributed by atoms with Gasteiger partial charge >= 0.3 is 0 Å². The Bertz CT molecular complexity index is 576.